The van der Waals surface area contributed by atoms with E-state index in [9.17, 15) is 4.79 Å². The average molecular weight is 185 g/mol. The standard InChI is InChI=1S/C10H19NO2/c1-4-6-7-10(11,5-2)8-9(12)13-3/h4H,1,5-8,11H2,2-3H3/t10-/m1/s1. The summed E-state index contributed by atoms with van der Waals surface area (Å²) < 4.78 is 4.58. The molecular formula is C10H19NO2. The van der Waals surface area contributed by atoms with Crippen molar-refractivity contribution in [3.8, 4) is 0 Å². The largest absolute Gasteiger partial charge is 0.469 e. The Morgan fingerprint density at radius 3 is 2.69 bits per heavy atom. The van der Waals surface area contributed by atoms with Crippen LogP contribution in [0, 0.1) is 0 Å². The highest BCUT2D eigenvalue weighted by atomic mass is 16.5. The summed E-state index contributed by atoms with van der Waals surface area (Å²) in [7, 11) is 1.38. The summed E-state index contributed by atoms with van der Waals surface area (Å²) in [6.07, 6.45) is 4.49. The van der Waals surface area contributed by atoms with E-state index in [-0.39, 0.29) is 12.4 Å². The first-order valence-electron chi connectivity index (χ1n) is 4.54. The lowest BCUT2D eigenvalue weighted by molar-refractivity contribution is -0.142. The van der Waals surface area contributed by atoms with Crippen molar-refractivity contribution in [2.75, 3.05) is 7.11 Å². The molecule has 0 saturated carbocycles. The van der Waals surface area contributed by atoms with Gasteiger partial charge in [-0.2, -0.15) is 0 Å². The first kappa shape index (κ1) is 12.2. The Hall–Kier alpha value is -0.830. The number of rotatable bonds is 6. The Bertz CT molecular complexity index is 180. The number of nitrogens with two attached hydrogens (primary N) is 1. The normalized spacial score (nSPS) is 14.7. The van der Waals surface area contributed by atoms with Crippen LogP contribution in [0.25, 0.3) is 0 Å². The summed E-state index contributed by atoms with van der Waals surface area (Å²) in [5, 5.41) is 0. The molecule has 0 fully saturated rings. The minimum absolute atomic E-state index is 0.242. The molecule has 0 spiro atoms. The van der Waals surface area contributed by atoms with Gasteiger partial charge in [0.25, 0.3) is 0 Å². The van der Waals surface area contributed by atoms with Gasteiger partial charge in [-0.15, -0.1) is 6.58 Å². The summed E-state index contributed by atoms with van der Waals surface area (Å²) in [6.45, 7) is 5.60. The van der Waals surface area contributed by atoms with E-state index in [0.29, 0.717) is 0 Å². The Labute approximate surface area is 79.9 Å². The van der Waals surface area contributed by atoms with Crippen LogP contribution in [-0.4, -0.2) is 18.6 Å². The second-order valence-corrected chi connectivity index (χ2v) is 3.30. The number of carbonyl (C=O) groups excluding carboxylic acids is 1. The molecule has 0 bridgehead atoms. The molecule has 0 aliphatic heterocycles. The second kappa shape index (κ2) is 5.75. The zero-order valence-electron chi connectivity index (χ0n) is 8.51. The maximum atomic E-state index is 11.0. The van der Waals surface area contributed by atoms with Crippen molar-refractivity contribution in [2.45, 2.75) is 38.1 Å². The van der Waals surface area contributed by atoms with Gasteiger partial charge in [-0.3, -0.25) is 4.79 Å². The van der Waals surface area contributed by atoms with Gasteiger partial charge in [0.15, 0.2) is 0 Å². The van der Waals surface area contributed by atoms with Gasteiger partial charge >= 0.3 is 5.97 Å². The number of hydrogen-bond donors (Lipinski definition) is 1. The highest BCUT2D eigenvalue weighted by molar-refractivity contribution is 5.70. The molecule has 0 aromatic rings. The van der Waals surface area contributed by atoms with Gasteiger partial charge in [-0.25, -0.2) is 0 Å². The SMILES string of the molecule is C=CCC[C@](N)(CC)CC(=O)OC. The van der Waals surface area contributed by atoms with Crippen LogP contribution in [0.3, 0.4) is 0 Å². The minimum atomic E-state index is -0.429. The Morgan fingerprint density at radius 1 is 1.69 bits per heavy atom. The van der Waals surface area contributed by atoms with E-state index in [2.05, 4.69) is 11.3 Å². The zero-order chi connectivity index (χ0) is 10.3. The summed E-state index contributed by atoms with van der Waals surface area (Å²) in [5.41, 5.74) is 5.58. The number of hydrogen-bond acceptors (Lipinski definition) is 3. The van der Waals surface area contributed by atoms with E-state index in [0.717, 1.165) is 19.3 Å². The quantitative estimate of drug-likeness (QED) is 0.505. The molecule has 76 valence electrons. The molecule has 0 aromatic carbocycles. The predicted octanol–water partition coefficient (Wildman–Crippen LogP) is 1.62. The van der Waals surface area contributed by atoms with Crippen LogP contribution in [-0.2, 0) is 9.53 Å². The van der Waals surface area contributed by atoms with Gasteiger partial charge in [-0.05, 0) is 19.3 Å². The predicted molar refractivity (Wildman–Crippen MR) is 53.3 cm³/mol. The first-order valence-corrected chi connectivity index (χ1v) is 4.54. The molecule has 0 saturated heterocycles. The fraction of sp³-hybridized carbons (Fsp3) is 0.700. The van der Waals surface area contributed by atoms with Gasteiger partial charge in [0.05, 0.1) is 13.5 Å². The van der Waals surface area contributed by atoms with Crippen molar-refractivity contribution < 1.29 is 9.53 Å². The molecule has 13 heavy (non-hydrogen) atoms. The number of esters is 1. The molecule has 2 N–H and O–H groups in total. The molecule has 3 heteroatoms. The van der Waals surface area contributed by atoms with Gasteiger partial charge in [0, 0.05) is 5.54 Å². The minimum Gasteiger partial charge on any atom is -0.469 e. The fourth-order valence-electron chi connectivity index (χ4n) is 1.14. The third kappa shape index (κ3) is 4.68. The number of allylic oxidation sites excluding steroid dienone is 1. The van der Waals surface area contributed by atoms with Crippen molar-refractivity contribution in [3.05, 3.63) is 12.7 Å². The second-order valence-electron chi connectivity index (χ2n) is 3.30. The third-order valence-corrected chi connectivity index (χ3v) is 2.27. The zero-order valence-corrected chi connectivity index (χ0v) is 8.51. The molecule has 0 aromatic heterocycles. The maximum absolute atomic E-state index is 11.0. The van der Waals surface area contributed by atoms with Crippen LogP contribution < -0.4 is 5.73 Å². The highest BCUT2D eigenvalue weighted by Crippen LogP contribution is 2.19. The topological polar surface area (TPSA) is 52.3 Å². The number of methoxy groups -OCH3 is 1. The van der Waals surface area contributed by atoms with E-state index in [1.807, 2.05) is 13.0 Å². The molecule has 3 nitrogen and oxygen atoms in total. The van der Waals surface area contributed by atoms with Crippen LogP contribution in [0.15, 0.2) is 12.7 Å². The van der Waals surface area contributed by atoms with E-state index >= 15 is 0 Å². The van der Waals surface area contributed by atoms with Crippen molar-refractivity contribution in [1.29, 1.82) is 0 Å². The lowest BCUT2D eigenvalue weighted by Crippen LogP contribution is -2.41. The summed E-state index contributed by atoms with van der Waals surface area (Å²) in [4.78, 5) is 11.0. The smallest absolute Gasteiger partial charge is 0.307 e. The molecule has 0 aliphatic rings. The van der Waals surface area contributed by atoms with E-state index < -0.39 is 5.54 Å². The fourth-order valence-corrected chi connectivity index (χ4v) is 1.14. The number of carbonyl (C=O) groups is 1. The van der Waals surface area contributed by atoms with Crippen LogP contribution in [0.1, 0.15) is 32.6 Å². The van der Waals surface area contributed by atoms with Gasteiger partial charge in [0.1, 0.15) is 0 Å². The average Bonchev–Trinajstić information content (AvgIpc) is 2.14. The van der Waals surface area contributed by atoms with Crippen LogP contribution in [0.5, 0.6) is 0 Å². The van der Waals surface area contributed by atoms with Crippen molar-refractivity contribution in [3.63, 3.8) is 0 Å². The molecule has 0 aliphatic carbocycles. The van der Waals surface area contributed by atoms with E-state index in [1.54, 1.807) is 0 Å². The number of ether oxygens (including phenoxy) is 1. The van der Waals surface area contributed by atoms with Crippen molar-refractivity contribution in [1.82, 2.24) is 0 Å². The first-order chi connectivity index (χ1) is 6.08. The van der Waals surface area contributed by atoms with Gasteiger partial charge < -0.3 is 10.5 Å². The molecule has 0 rings (SSSR count). The maximum Gasteiger partial charge on any atom is 0.307 e. The lowest BCUT2D eigenvalue weighted by atomic mass is 9.88. The van der Waals surface area contributed by atoms with E-state index in [4.69, 9.17) is 5.73 Å². The molecule has 0 heterocycles. The Morgan fingerprint density at radius 2 is 2.31 bits per heavy atom. The molecular weight excluding hydrogens is 166 g/mol. The van der Waals surface area contributed by atoms with Crippen LogP contribution in [0.2, 0.25) is 0 Å². The van der Waals surface area contributed by atoms with Crippen molar-refractivity contribution >= 4 is 5.97 Å². The van der Waals surface area contributed by atoms with Gasteiger partial charge in [0.2, 0.25) is 0 Å². The third-order valence-electron chi connectivity index (χ3n) is 2.27. The van der Waals surface area contributed by atoms with Crippen molar-refractivity contribution in [2.24, 2.45) is 5.73 Å². The Balaban J connectivity index is 4.09. The van der Waals surface area contributed by atoms with E-state index in [1.165, 1.54) is 7.11 Å². The Kier molecular flexibility index (Phi) is 5.39. The molecule has 1 atom stereocenters. The summed E-state index contributed by atoms with van der Waals surface area (Å²) >= 11 is 0. The summed E-state index contributed by atoms with van der Waals surface area (Å²) in [5.74, 6) is -0.242. The molecule has 0 radical (unpaired) electrons. The molecule has 0 amide bonds. The highest BCUT2D eigenvalue weighted by Gasteiger charge is 2.25. The van der Waals surface area contributed by atoms with Crippen LogP contribution in [0.4, 0.5) is 0 Å². The summed E-state index contributed by atoms with van der Waals surface area (Å²) in [6, 6.07) is 0. The van der Waals surface area contributed by atoms with Gasteiger partial charge in [-0.1, -0.05) is 13.0 Å². The monoisotopic (exact) mass is 185 g/mol. The van der Waals surface area contributed by atoms with Crippen LogP contribution >= 0.6 is 0 Å². The lowest BCUT2D eigenvalue weighted by Gasteiger charge is -2.26. The molecule has 0 unspecified atom stereocenters.